The second-order valence-electron chi connectivity index (χ2n) is 10.9. The number of rotatable bonds is 5. The third-order valence-corrected chi connectivity index (χ3v) is 7.80. The summed E-state index contributed by atoms with van der Waals surface area (Å²) in [6, 6.07) is 17.8. The molecule has 2 N–H and O–H groups in total. The molecule has 2 aliphatic heterocycles. The van der Waals surface area contributed by atoms with Crippen molar-refractivity contribution < 1.29 is 23.9 Å². The average Bonchev–Trinajstić information content (AvgIpc) is 3.55. The molecular weight excluding hydrogens is 542 g/mol. The highest BCUT2D eigenvalue weighted by Gasteiger charge is 2.35. The SMILES string of the molecule is CC(C)(C)OC(=O)N1CC[C@@H](NC(=O)c2sc3nccc4c3c2NC(=O)N4c2ccc(Oc3ccccc3)cc2)C1. The van der Waals surface area contributed by atoms with E-state index in [2.05, 4.69) is 15.6 Å². The topological polar surface area (TPSA) is 113 Å². The Morgan fingerprint density at radius 3 is 2.51 bits per heavy atom. The van der Waals surface area contributed by atoms with Gasteiger partial charge in [-0.2, -0.15) is 0 Å². The molecule has 11 heteroatoms. The van der Waals surface area contributed by atoms with Crippen molar-refractivity contribution in [3.8, 4) is 11.5 Å². The molecule has 1 saturated heterocycles. The fourth-order valence-corrected chi connectivity index (χ4v) is 5.93. The van der Waals surface area contributed by atoms with Gasteiger partial charge in [0.05, 0.1) is 22.4 Å². The van der Waals surface area contributed by atoms with Gasteiger partial charge in [-0.15, -0.1) is 11.3 Å². The number of nitrogens with zero attached hydrogens (tertiary/aromatic N) is 3. The first-order valence-corrected chi connectivity index (χ1v) is 14.1. The molecule has 41 heavy (non-hydrogen) atoms. The summed E-state index contributed by atoms with van der Waals surface area (Å²) >= 11 is 1.22. The van der Waals surface area contributed by atoms with Crippen molar-refractivity contribution in [2.24, 2.45) is 0 Å². The molecule has 210 valence electrons. The molecule has 0 radical (unpaired) electrons. The van der Waals surface area contributed by atoms with E-state index in [-0.39, 0.29) is 18.0 Å². The smallest absolute Gasteiger partial charge is 0.410 e. The van der Waals surface area contributed by atoms with Crippen LogP contribution in [0.5, 0.6) is 11.5 Å². The minimum Gasteiger partial charge on any atom is -0.457 e. The van der Waals surface area contributed by atoms with Crippen LogP contribution in [-0.2, 0) is 4.74 Å². The Bertz CT molecular complexity index is 1630. The minimum atomic E-state index is -0.590. The average molecular weight is 572 g/mol. The van der Waals surface area contributed by atoms with Crippen LogP contribution in [0.25, 0.3) is 10.2 Å². The lowest BCUT2D eigenvalue weighted by molar-refractivity contribution is 0.0290. The van der Waals surface area contributed by atoms with Crippen LogP contribution in [0.4, 0.5) is 26.7 Å². The van der Waals surface area contributed by atoms with Crippen LogP contribution in [-0.4, -0.2) is 52.6 Å². The van der Waals surface area contributed by atoms with Gasteiger partial charge < -0.3 is 25.0 Å². The molecule has 2 aromatic heterocycles. The number of carbonyl (C=O) groups is 3. The summed E-state index contributed by atoms with van der Waals surface area (Å²) in [5, 5.41) is 6.64. The number of anilines is 3. The zero-order valence-corrected chi connectivity index (χ0v) is 23.7. The molecule has 0 bridgehead atoms. The van der Waals surface area contributed by atoms with Gasteiger partial charge in [0.2, 0.25) is 0 Å². The number of benzene rings is 2. The minimum absolute atomic E-state index is 0.229. The summed E-state index contributed by atoms with van der Waals surface area (Å²) in [5.41, 5.74) is 1.13. The molecule has 4 amide bonds. The Kier molecular flexibility index (Phi) is 6.74. The number of nitrogens with one attached hydrogen (secondary N) is 2. The fraction of sp³-hybridized carbons (Fsp3) is 0.267. The quantitative estimate of drug-likeness (QED) is 0.282. The molecule has 0 aliphatic carbocycles. The highest BCUT2D eigenvalue weighted by molar-refractivity contribution is 7.21. The van der Waals surface area contributed by atoms with Crippen LogP contribution >= 0.6 is 11.3 Å². The van der Waals surface area contributed by atoms with Gasteiger partial charge in [0.15, 0.2) is 0 Å². The fourth-order valence-electron chi connectivity index (χ4n) is 4.91. The molecular formula is C30H29N5O5S. The summed E-state index contributed by atoms with van der Waals surface area (Å²) < 4.78 is 11.3. The third kappa shape index (κ3) is 5.40. The summed E-state index contributed by atoms with van der Waals surface area (Å²) in [4.78, 5) is 47.9. The molecule has 1 fully saturated rings. The standard InChI is InChI=1S/C30H29N5O5S/c1-30(2,3)40-29(38)34-16-14-18(17-34)32-26(36)25-24-23-22(13-15-31-27(23)41-25)35(28(37)33-24)19-9-11-21(12-10-19)39-20-7-5-4-6-8-20/h4-13,15,18H,14,16-17H2,1-3H3,(H,32,36)(H,33,37)/t18-/m1/s1. The van der Waals surface area contributed by atoms with E-state index < -0.39 is 11.7 Å². The number of para-hydroxylation sites is 1. The Morgan fingerprint density at radius 1 is 1.05 bits per heavy atom. The molecule has 0 saturated carbocycles. The van der Waals surface area contributed by atoms with E-state index in [0.29, 0.717) is 57.4 Å². The van der Waals surface area contributed by atoms with Gasteiger partial charge in [0, 0.05) is 25.3 Å². The monoisotopic (exact) mass is 571 g/mol. The molecule has 2 aromatic carbocycles. The summed E-state index contributed by atoms with van der Waals surface area (Å²) in [6.45, 7) is 6.31. The number of hydrogen-bond acceptors (Lipinski definition) is 7. The highest BCUT2D eigenvalue weighted by Crippen LogP contribution is 2.46. The largest absolute Gasteiger partial charge is 0.457 e. The first-order valence-electron chi connectivity index (χ1n) is 13.3. The molecule has 0 spiro atoms. The Morgan fingerprint density at radius 2 is 1.78 bits per heavy atom. The number of ether oxygens (including phenoxy) is 2. The van der Waals surface area contributed by atoms with E-state index in [9.17, 15) is 14.4 Å². The number of carbonyl (C=O) groups excluding carboxylic acids is 3. The van der Waals surface area contributed by atoms with Crippen LogP contribution < -0.4 is 20.3 Å². The second-order valence-corrected chi connectivity index (χ2v) is 11.9. The first kappa shape index (κ1) is 26.6. The van der Waals surface area contributed by atoms with Crippen LogP contribution in [0.1, 0.15) is 36.9 Å². The molecule has 2 aliphatic rings. The Balaban J connectivity index is 1.21. The highest BCUT2D eigenvalue weighted by atomic mass is 32.1. The lowest BCUT2D eigenvalue weighted by Crippen LogP contribution is -2.40. The number of thiophene rings is 1. The van der Waals surface area contributed by atoms with E-state index in [1.165, 1.54) is 11.3 Å². The maximum Gasteiger partial charge on any atom is 0.410 e. The van der Waals surface area contributed by atoms with Crippen LogP contribution in [0.15, 0.2) is 66.9 Å². The molecule has 10 nitrogen and oxygen atoms in total. The van der Waals surface area contributed by atoms with Crippen LogP contribution in [0, 0.1) is 0 Å². The molecule has 4 heterocycles. The maximum absolute atomic E-state index is 13.4. The van der Waals surface area contributed by atoms with Crippen LogP contribution in [0.2, 0.25) is 0 Å². The number of hydrogen-bond donors (Lipinski definition) is 2. The normalized spacial score (nSPS) is 16.5. The number of pyridine rings is 1. The third-order valence-electron chi connectivity index (χ3n) is 6.70. The zero-order chi connectivity index (χ0) is 28.7. The lowest BCUT2D eigenvalue weighted by Gasteiger charge is -2.28. The molecule has 6 rings (SSSR count). The van der Waals surface area contributed by atoms with Gasteiger partial charge in [-0.3, -0.25) is 9.69 Å². The van der Waals surface area contributed by atoms with Crippen molar-refractivity contribution in [3.05, 3.63) is 71.7 Å². The Labute approximate surface area is 240 Å². The number of amides is 4. The van der Waals surface area contributed by atoms with Gasteiger partial charge in [0.1, 0.15) is 26.8 Å². The van der Waals surface area contributed by atoms with Gasteiger partial charge in [-0.1, -0.05) is 18.2 Å². The van der Waals surface area contributed by atoms with Crippen molar-refractivity contribution in [1.29, 1.82) is 0 Å². The maximum atomic E-state index is 13.4. The number of urea groups is 1. The number of aromatic nitrogens is 1. The van der Waals surface area contributed by atoms with Crippen molar-refractivity contribution in [1.82, 2.24) is 15.2 Å². The summed E-state index contributed by atoms with van der Waals surface area (Å²) in [6.07, 6.45) is 1.85. The van der Waals surface area contributed by atoms with Crippen molar-refractivity contribution in [2.45, 2.75) is 38.8 Å². The van der Waals surface area contributed by atoms with Gasteiger partial charge in [-0.25, -0.2) is 14.6 Å². The summed E-state index contributed by atoms with van der Waals surface area (Å²) in [7, 11) is 0. The van der Waals surface area contributed by atoms with Crippen LogP contribution in [0.3, 0.4) is 0 Å². The lowest BCUT2D eigenvalue weighted by atomic mass is 10.1. The van der Waals surface area contributed by atoms with E-state index in [0.717, 1.165) is 5.75 Å². The first-order chi connectivity index (χ1) is 19.7. The number of likely N-dealkylation sites (tertiary alicyclic amines) is 1. The van der Waals surface area contributed by atoms with E-state index in [4.69, 9.17) is 9.47 Å². The van der Waals surface area contributed by atoms with Gasteiger partial charge in [-0.05, 0) is 69.7 Å². The van der Waals surface area contributed by atoms with Crippen molar-refractivity contribution in [2.75, 3.05) is 23.3 Å². The van der Waals surface area contributed by atoms with Gasteiger partial charge >= 0.3 is 12.1 Å². The van der Waals surface area contributed by atoms with Gasteiger partial charge in [0.25, 0.3) is 5.91 Å². The van der Waals surface area contributed by atoms with E-state index >= 15 is 0 Å². The predicted octanol–water partition coefficient (Wildman–Crippen LogP) is 6.51. The molecule has 4 aromatic rings. The molecule has 1 atom stereocenters. The Hall–Kier alpha value is -4.64. The van der Waals surface area contributed by atoms with Crippen molar-refractivity contribution >= 4 is 56.6 Å². The van der Waals surface area contributed by atoms with E-state index in [1.54, 1.807) is 34.2 Å². The van der Waals surface area contributed by atoms with E-state index in [1.807, 2.05) is 63.2 Å². The molecule has 0 unspecified atom stereocenters. The zero-order valence-electron chi connectivity index (χ0n) is 22.8. The second kappa shape index (κ2) is 10.4. The predicted molar refractivity (Wildman–Crippen MR) is 157 cm³/mol. The summed E-state index contributed by atoms with van der Waals surface area (Å²) in [5.74, 6) is 1.04. The van der Waals surface area contributed by atoms with Crippen molar-refractivity contribution in [3.63, 3.8) is 0 Å².